The molecule has 0 aliphatic heterocycles. The Morgan fingerprint density at radius 1 is 0.938 bits per heavy atom. The van der Waals surface area contributed by atoms with Gasteiger partial charge in [-0.05, 0) is 54.6 Å². The van der Waals surface area contributed by atoms with Crippen molar-refractivity contribution in [2.45, 2.75) is 11.1 Å². The van der Waals surface area contributed by atoms with Crippen LogP contribution in [-0.4, -0.2) is 35.3 Å². The SMILES string of the molecule is CN(c1ccc(Oc2ccc3nnc(C(F)(F)F)n3n2)cc1)S(=O)(=O)c1ccc(F)cc1. The number of fused-ring (bicyclic) bond motifs is 1. The first-order chi connectivity index (χ1) is 15.1. The zero-order valence-electron chi connectivity index (χ0n) is 16.2. The maximum absolute atomic E-state index is 13.1. The van der Waals surface area contributed by atoms with Crippen molar-refractivity contribution >= 4 is 21.4 Å². The molecule has 0 saturated heterocycles. The lowest BCUT2D eigenvalue weighted by molar-refractivity contribution is -0.146. The highest BCUT2D eigenvalue weighted by molar-refractivity contribution is 7.92. The third kappa shape index (κ3) is 4.06. The van der Waals surface area contributed by atoms with E-state index in [2.05, 4.69) is 15.3 Å². The second kappa shape index (κ2) is 7.75. The molecule has 0 radical (unpaired) electrons. The summed E-state index contributed by atoms with van der Waals surface area (Å²) in [6, 6.07) is 12.7. The first kappa shape index (κ1) is 21.5. The van der Waals surface area contributed by atoms with Crippen molar-refractivity contribution in [3.63, 3.8) is 0 Å². The van der Waals surface area contributed by atoms with Gasteiger partial charge in [0.15, 0.2) is 5.65 Å². The standard InChI is InChI=1S/C19H13F4N5O3S/c1-27(32(29,30)15-8-2-12(20)3-9-15)13-4-6-14(7-5-13)31-17-11-10-16-24-25-18(19(21,22)23)28(16)26-17/h2-11H,1H3. The third-order valence-electron chi connectivity index (χ3n) is 4.39. The molecule has 2 aromatic heterocycles. The number of halogens is 4. The summed E-state index contributed by atoms with van der Waals surface area (Å²) in [5.41, 5.74) is 0.177. The van der Waals surface area contributed by atoms with Gasteiger partial charge in [0.25, 0.3) is 15.8 Å². The van der Waals surface area contributed by atoms with Gasteiger partial charge in [-0.2, -0.15) is 17.7 Å². The van der Waals surface area contributed by atoms with E-state index in [1.54, 1.807) is 0 Å². The molecular weight excluding hydrogens is 454 g/mol. The number of alkyl halides is 3. The summed E-state index contributed by atoms with van der Waals surface area (Å²) < 4.78 is 84.4. The Labute approximate surface area is 178 Å². The molecule has 0 bridgehead atoms. The Morgan fingerprint density at radius 2 is 1.59 bits per heavy atom. The minimum Gasteiger partial charge on any atom is -0.438 e. The molecular formula is C19H13F4N5O3S. The monoisotopic (exact) mass is 467 g/mol. The molecule has 0 N–H and O–H groups in total. The Hall–Kier alpha value is -3.74. The fourth-order valence-corrected chi connectivity index (χ4v) is 3.95. The third-order valence-corrected chi connectivity index (χ3v) is 6.19. The van der Waals surface area contributed by atoms with E-state index in [1.807, 2.05) is 0 Å². The normalized spacial score (nSPS) is 12.2. The van der Waals surface area contributed by atoms with Gasteiger partial charge in [0.2, 0.25) is 5.88 Å². The fraction of sp³-hybridized carbons (Fsp3) is 0.105. The highest BCUT2D eigenvalue weighted by Crippen LogP contribution is 2.29. The predicted octanol–water partition coefficient (Wildman–Crippen LogP) is 3.90. The van der Waals surface area contributed by atoms with Gasteiger partial charge >= 0.3 is 6.18 Å². The maximum Gasteiger partial charge on any atom is 0.453 e. The number of sulfonamides is 1. The zero-order valence-corrected chi connectivity index (χ0v) is 17.0. The zero-order chi connectivity index (χ0) is 23.1. The molecule has 166 valence electrons. The van der Waals surface area contributed by atoms with Crippen LogP contribution in [0.5, 0.6) is 11.6 Å². The summed E-state index contributed by atoms with van der Waals surface area (Å²) in [6.07, 6.45) is -4.74. The molecule has 4 aromatic rings. The second-order valence-corrected chi connectivity index (χ2v) is 8.45. The van der Waals surface area contributed by atoms with E-state index in [9.17, 15) is 26.0 Å². The number of rotatable bonds is 5. The summed E-state index contributed by atoms with van der Waals surface area (Å²) in [7, 11) is -2.60. The van der Waals surface area contributed by atoms with Gasteiger partial charge in [-0.1, -0.05) is 0 Å². The Morgan fingerprint density at radius 3 is 2.22 bits per heavy atom. The van der Waals surface area contributed by atoms with E-state index in [-0.39, 0.29) is 27.9 Å². The lowest BCUT2D eigenvalue weighted by Crippen LogP contribution is -2.26. The van der Waals surface area contributed by atoms with E-state index >= 15 is 0 Å². The van der Waals surface area contributed by atoms with E-state index < -0.39 is 27.8 Å². The largest absolute Gasteiger partial charge is 0.453 e. The maximum atomic E-state index is 13.1. The number of ether oxygens (including phenoxy) is 1. The van der Waals surface area contributed by atoms with Crippen molar-refractivity contribution in [1.82, 2.24) is 19.8 Å². The van der Waals surface area contributed by atoms with Crippen LogP contribution in [0.3, 0.4) is 0 Å². The van der Waals surface area contributed by atoms with Crippen LogP contribution in [0.2, 0.25) is 0 Å². The molecule has 2 aromatic carbocycles. The molecule has 0 aliphatic carbocycles. The molecule has 0 spiro atoms. The lowest BCUT2D eigenvalue weighted by atomic mass is 10.3. The van der Waals surface area contributed by atoms with Gasteiger partial charge in [-0.15, -0.1) is 15.3 Å². The van der Waals surface area contributed by atoms with Crippen LogP contribution in [0.15, 0.2) is 65.6 Å². The topological polar surface area (TPSA) is 89.7 Å². The molecule has 0 atom stereocenters. The van der Waals surface area contributed by atoms with Gasteiger partial charge in [0.1, 0.15) is 11.6 Å². The van der Waals surface area contributed by atoms with Gasteiger partial charge in [-0.3, -0.25) is 4.31 Å². The van der Waals surface area contributed by atoms with Gasteiger partial charge < -0.3 is 4.74 Å². The van der Waals surface area contributed by atoms with E-state index in [4.69, 9.17) is 4.74 Å². The summed E-state index contributed by atoms with van der Waals surface area (Å²) >= 11 is 0. The van der Waals surface area contributed by atoms with Crippen molar-refractivity contribution < 1.29 is 30.7 Å². The molecule has 8 nitrogen and oxygen atoms in total. The summed E-state index contributed by atoms with van der Waals surface area (Å²) in [6.45, 7) is 0. The number of hydrogen-bond acceptors (Lipinski definition) is 6. The van der Waals surface area contributed by atoms with Crippen LogP contribution in [0.25, 0.3) is 5.65 Å². The Balaban J connectivity index is 1.56. The predicted molar refractivity (Wildman–Crippen MR) is 104 cm³/mol. The molecule has 13 heteroatoms. The molecule has 32 heavy (non-hydrogen) atoms. The molecule has 2 heterocycles. The molecule has 0 saturated carbocycles. The lowest BCUT2D eigenvalue weighted by Gasteiger charge is -2.19. The smallest absolute Gasteiger partial charge is 0.438 e. The molecule has 0 unspecified atom stereocenters. The molecule has 0 aliphatic rings. The van der Waals surface area contributed by atoms with Gasteiger partial charge in [0.05, 0.1) is 10.6 Å². The first-order valence-electron chi connectivity index (χ1n) is 8.88. The van der Waals surface area contributed by atoms with Crippen LogP contribution in [-0.2, 0) is 16.2 Å². The van der Waals surface area contributed by atoms with Crippen molar-refractivity contribution in [2.75, 3.05) is 11.4 Å². The van der Waals surface area contributed by atoms with Crippen LogP contribution < -0.4 is 9.04 Å². The van der Waals surface area contributed by atoms with E-state index in [0.29, 0.717) is 4.52 Å². The number of anilines is 1. The number of benzene rings is 2. The van der Waals surface area contributed by atoms with Gasteiger partial charge in [0, 0.05) is 13.1 Å². The van der Waals surface area contributed by atoms with Crippen molar-refractivity contribution in [1.29, 1.82) is 0 Å². The number of aromatic nitrogens is 4. The Kier molecular flexibility index (Phi) is 5.20. The average Bonchev–Trinajstić information content (AvgIpc) is 3.18. The van der Waals surface area contributed by atoms with Crippen molar-refractivity contribution in [3.8, 4) is 11.6 Å². The quantitative estimate of drug-likeness (QED) is 0.414. The minimum absolute atomic E-state index is 0.0892. The van der Waals surface area contributed by atoms with E-state index in [0.717, 1.165) is 28.6 Å². The highest BCUT2D eigenvalue weighted by atomic mass is 32.2. The molecule has 0 amide bonds. The Bertz CT molecular complexity index is 1370. The average molecular weight is 467 g/mol. The minimum atomic E-state index is -4.74. The van der Waals surface area contributed by atoms with Crippen LogP contribution in [0.4, 0.5) is 23.2 Å². The summed E-state index contributed by atoms with van der Waals surface area (Å²) in [4.78, 5) is -0.0892. The van der Waals surface area contributed by atoms with Gasteiger partial charge in [-0.25, -0.2) is 12.8 Å². The second-order valence-electron chi connectivity index (χ2n) is 6.49. The van der Waals surface area contributed by atoms with Crippen LogP contribution in [0, 0.1) is 5.82 Å². The summed E-state index contributed by atoms with van der Waals surface area (Å²) in [5, 5.41) is 10.2. The highest BCUT2D eigenvalue weighted by Gasteiger charge is 2.37. The number of hydrogen-bond donors (Lipinski definition) is 0. The fourth-order valence-electron chi connectivity index (χ4n) is 2.75. The van der Waals surface area contributed by atoms with E-state index in [1.165, 1.54) is 43.4 Å². The molecule has 4 rings (SSSR count). The first-order valence-corrected chi connectivity index (χ1v) is 10.3. The molecule has 0 fully saturated rings. The van der Waals surface area contributed by atoms with Crippen LogP contribution in [0.1, 0.15) is 5.82 Å². The van der Waals surface area contributed by atoms with Crippen molar-refractivity contribution in [3.05, 3.63) is 72.3 Å². The number of nitrogens with zero attached hydrogens (tertiary/aromatic N) is 5. The summed E-state index contributed by atoms with van der Waals surface area (Å²) in [5.74, 6) is -1.80. The van der Waals surface area contributed by atoms with Crippen molar-refractivity contribution in [2.24, 2.45) is 0 Å². The van der Waals surface area contributed by atoms with Crippen LogP contribution >= 0.6 is 0 Å².